The van der Waals surface area contributed by atoms with Gasteiger partial charge in [0.15, 0.2) is 0 Å². The van der Waals surface area contributed by atoms with Crippen LogP contribution in [0.1, 0.15) is 12.0 Å². The lowest BCUT2D eigenvalue weighted by Gasteiger charge is -2.14. The molecule has 0 saturated carbocycles. The fourth-order valence-corrected chi connectivity index (χ4v) is 1.43. The van der Waals surface area contributed by atoms with E-state index >= 15 is 0 Å². The predicted octanol–water partition coefficient (Wildman–Crippen LogP) is 2.15. The van der Waals surface area contributed by atoms with Crippen molar-refractivity contribution in [3.63, 3.8) is 0 Å². The highest BCUT2D eigenvalue weighted by atomic mass is 19.4. The Kier molecular flexibility index (Phi) is 5.46. The van der Waals surface area contributed by atoms with Gasteiger partial charge in [-0.15, -0.1) is 0 Å². The van der Waals surface area contributed by atoms with Crippen LogP contribution in [0.25, 0.3) is 0 Å². The van der Waals surface area contributed by atoms with Gasteiger partial charge in [0.2, 0.25) is 5.91 Å². The largest absolute Gasteiger partial charge is 0.419 e. The first-order valence-electron chi connectivity index (χ1n) is 5.68. The first-order valence-corrected chi connectivity index (χ1v) is 5.68. The molecule has 0 bridgehead atoms. The topological polar surface area (TPSA) is 64.3 Å². The molecule has 20 heavy (non-hydrogen) atoms. The fourth-order valence-electron chi connectivity index (χ4n) is 1.43. The van der Waals surface area contributed by atoms with E-state index in [1.807, 2.05) is 0 Å². The molecule has 0 fully saturated rings. The maximum Gasteiger partial charge on any atom is 0.419 e. The van der Waals surface area contributed by atoms with E-state index in [4.69, 9.17) is 10.5 Å². The van der Waals surface area contributed by atoms with Crippen LogP contribution in [0, 0.1) is 5.82 Å². The molecule has 112 valence electrons. The van der Waals surface area contributed by atoms with Crippen LogP contribution in [0.15, 0.2) is 18.2 Å². The minimum atomic E-state index is -4.83. The normalized spacial score (nSPS) is 13.1. The van der Waals surface area contributed by atoms with Crippen LogP contribution in [0.3, 0.4) is 0 Å². The van der Waals surface area contributed by atoms with Crippen LogP contribution in [0.2, 0.25) is 0 Å². The van der Waals surface area contributed by atoms with Crippen molar-refractivity contribution in [3.8, 4) is 0 Å². The van der Waals surface area contributed by atoms with E-state index in [0.29, 0.717) is 12.1 Å². The van der Waals surface area contributed by atoms with Crippen molar-refractivity contribution in [3.05, 3.63) is 29.6 Å². The summed E-state index contributed by atoms with van der Waals surface area (Å²) in [5.74, 6) is -2.07. The van der Waals surface area contributed by atoms with Gasteiger partial charge in [0, 0.05) is 19.4 Å². The number of amides is 1. The number of methoxy groups -OCH3 is 1. The molecule has 8 heteroatoms. The van der Waals surface area contributed by atoms with Gasteiger partial charge in [-0.1, -0.05) is 0 Å². The third-order valence-corrected chi connectivity index (χ3v) is 2.51. The van der Waals surface area contributed by atoms with Crippen LogP contribution in [0.5, 0.6) is 0 Å². The average molecular weight is 294 g/mol. The van der Waals surface area contributed by atoms with Gasteiger partial charge in [0.05, 0.1) is 11.6 Å². The summed E-state index contributed by atoms with van der Waals surface area (Å²) in [7, 11) is 1.43. The molecule has 1 amide bonds. The Hall–Kier alpha value is -1.67. The lowest BCUT2D eigenvalue weighted by Crippen LogP contribution is -2.36. The van der Waals surface area contributed by atoms with Crippen molar-refractivity contribution in [1.82, 2.24) is 0 Å². The second-order valence-corrected chi connectivity index (χ2v) is 4.07. The molecule has 1 rings (SSSR count). The first kappa shape index (κ1) is 16.4. The van der Waals surface area contributed by atoms with Crippen molar-refractivity contribution in [2.45, 2.75) is 18.6 Å². The molecule has 0 aliphatic rings. The highest BCUT2D eigenvalue weighted by Gasteiger charge is 2.34. The number of rotatable bonds is 5. The molecular weight excluding hydrogens is 280 g/mol. The second-order valence-electron chi connectivity index (χ2n) is 4.07. The van der Waals surface area contributed by atoms with Gasteiger partial charge in [-0.05, 0) is 24.6 Å². The zero-order valence-corrected chi connectivity index (χ0v) is 10.6. The number of alkyl halides is 3. The van der Waals surface area contributed by atoms with E-state index < -0.39 is 29.5 Å². The Bertz CT molecular complexity index is 477. The molecule has 1 atom stereocenters. The van der Waals surface area contributed by atoms with Gasteiger partial charge < -0.3 is 15.8 Å². The third kappa shape index (κ3) is 4.46. The van der Waals surface area contributed by atoms with Crippen molar-refractivity contribution in [1.29, 1.82) is 0 Å². The van der Waals surface area contributed by atoms with Crippen LogP contribution in [-0.2, 0) is 15.7 Å². The molecule has 1 aromatic rings. The SMILES string of the molecule is COCCC(N)C(=O)Nc1ccc(F)c(C(F)(F)F)c1. The molecule has 3 N–H and O–H groups in total. The summed E-state index contributed by atoms with van der Waals surface area (Å²) in [6.07, 6.45) is -4.61. The van der Waals surface area contributed by atoms with E-state index in [0.717, 1.165) is 6.07 Å². The monoisotopic (exact) mass is 294 g/mol. The van der Waals surface area contributed by atoms with Crippen LogP contribution in [-0.4, -0.2) is 25.7 Å². The number of benzene rings is 1. The van der Waals surface area contributed by atoms with E-state index in [9.17, 15) is 22.4 Å². The van der Waals surface area contributed by atoms with Gasteiger partial charge in [-0.25, -0.2) is 4.39 Å². The molecule has 1 unspecified atom stereocenters. The highest BCUT2D eigenvalue weighted by Crippen LogP contribution is 2.32. The Balaban J connectivity index is 2.81. The number of anilines is 1. The summed E-state index contributed by atoms with van der Waals surface area (Å²) in [6, 6.07) is 1.27. The minimum Gasteiger partial charge on any atom is -0.385 e. The summed E-state index contributed by atoms with van der Waals surface area (Å²) in [5, 5.41) is 2.20. The van der Waals surface area contributed by atoms with Crippen molar-refractivity contribution < 1.29 is 27.1 Å². The zero-order valence-electron chi connectivity index (χ0n) is 10.6. The molecular formula is C12H14F4N2O2. The van der Waals surface area contributed by atoms with E-state index in [-0.39, 0.29) is 18.7 Å². The molecule has 0 aliphatic carbocycles. The van der Waals surface area contributed by atoms with Crippen molar-refractivity contribution in [2.75, 3.05) is 19.0 Å². The Morgan fingerprint density at radius 2 is 2.10 bits per heavy atom. The van der Waals surface area contributed by atoms with E-state index in [2.05, 4.69) is 5.32 Å². The number of carbonyl (C=O) groups excluding carboxylic acids is 1. The predicted molar refractivity (Wildman–Crippen MR) is 64.5 cm³/mol. The maximum absolute atomic E-state index is 13.1. The summed E-state index contributed by atoms with van der Waals surface area (Å²) >= 11 is 0. The minimum absolute atomic E-state index is 0.170. The van der Waals surface area contributed by atoms with Crippen molar-refractivity contribution >= 4 is 11.6 Å². The smallest absolute Gasteiger partial charge is 0.385 e. The van der Waals surface area contributed by atoms with Gasteiger partial charge in [0.1, 0.15) is 5.82 Å². The number of halogens is 4. The van der Waals surface area contributed by atoms with E-state index in [1.54, 1.807) is 0 Å². The van der Waals surface area contributed by atoms with Crippen LogP contribution < -0.4 is 11.1 Å². The lowest BCUT2D eigenvalue weighted by molar-refractivity contribution is -0.140. The first-order chi connectivity index (χ1) is 9.25. The number of ether oxygens (including phenoxy) is 1. The molecule has 0 saturated heterocycles. The third-order valence-electron chi connectivity index (χ3n) is 2.51. The zero-order chi connectivity index (χ0) is 15.3. The molecule has 0 radical (unpaired) electrons. The van der Waals surface area contributed by atoms with Gasteiger partial charge in [-0.2, -0.15) is 13.2 Å². The molecule has 0 aromatic heterocycles. The quantitative estimate of drug-likeness (QED) is 0.818. The second kappa shape index (κ2) is 6.67. The van der Waals surface area contributed by atoms with Crippen molar-refractivity contribution in [2.24, 2.45) is 5.73 Å². The number of nitrogens with two attached hydrogens (primary N) is 1. The molecule has 0 spiro atoms. The number of nitrogens with one attached hydrogen (secondary N) is 1. The highest BCUT2D eigenvalue weighted by molar-refractivity contribution is 5.94. The Labute approximate surface area is 112 Å². The van der Waals surface area contributed by atoms with Crippen LogP contribution >= 0.6 is 0 Å². The Morgan fingerprint density at radius 3 is 2.65 bits per heavy atom. The number of hydrogen-bond acceptors (Lipinski definition) is 3. The summed E-state index contributed by atoms with van der Waals surface area (Å²) in [6.45, 7) is 0.242. The summed E-state index contributed by atoms with van der Waals surface area (Å²) in [5.41, 5.74) is 3.90. The molecule has 4 nitrogen and oxygen atoms in total. The number of carbonyl (C=O) groups is 1. The van der Waals surface area contributed by atoms with Crippen LogP contribution in [0.4, 0.5) is 23.2 Å². The molecule has 1 aromatic carbocycles. The molecule has 0 heterocycles. The van der Waals surface area contributed by atoms with Gasteiger partial charge in [0.25, 0.3) is 0 Å². The van der Waals surface area contributed by atoms with Gasteiger partial charge >= 0.3 is 6.18 Å². The number of hydrogen-bond donors (Lipinski definition) is 2. The molecule has 0 aliphatic heterocycles. The Morgan fingerprint density at radius 1 is 1.45 bits per heavy atom. The van der Waals surface area contributed by atoms with E-state index in [1.165, 1.54) is 7.11 Å². The summed E-state index contributed by atoms with van der Waals surface area (Å²) < 4.78 is 55.3. The maximum atomic E-state index is 13.1. The average Bonchev–Trinajstić information content (AvgIpc) is 2.36. The summed E-state index contributed by atoms with van der Waals surface area (Å²) in [4.78, 5) is 11.6. The standard InChI is InChI=1S/C12H14F4N2O2/c1-20-5-4-10(17)11(19)18-7-2-3-9(13)8(6-7)12(14,15)16/h2-3,6,10H,4-5,17H2,1H3,(H,18,19). The fraction of sp³-hybridized carbons (Fsp3) is 0.417. The lowest BCUT2D eigenvalue weighted by atomic mass is 10.1. The van der Waals surface area contributed by atoms with Gasteiger partial charge in [-0.3, -0.25) is 4.79 Å².